The monoisotopic (exact) mass is 246 g/mol. The van der Waals surface area contributed by atoms with Crippen molar-refractivity contribution in [2.75, 3.05) is 0 Å². The summed E-state index contributed by atoms with van der Waals surface area (Å²) in [7, 11) is 0. The molecule has 1 saturated carbocycles. The van der Waals surface area contributed by atoms with Crippen LogP contribution in [-0.2, 0) is 0 Å². The molecule has 0 aliphatic heterocycles. The van der Waals surface area contributed by atoms with Gasteiger partial charge in [0.05, 0.1) is 0 Å². The predicted molar refractivity (Wildman–Crippen MR) is 81.2 cm³/mol. The van der Waals surface area contributed by atoms with Crippen LogP contribution in [0.15, 0.2) is 66.8 Å². The number of fused-ring (bicyclic) bond motifs is 2. The highest BCUT2D eigenvalue weighted by molar-refractivity contribution is 5.83. The number of allylic oxidation sites excluding steroid dienone is 4. The smallest absolute Gasteiger partial charge is 0.0150 e. The van der Waals surface area contributed by atoms with Crippen molar-refractivity contribution in [3.05, 3.63) is 72.3 Å². The molecule has 0 heterocycles. The third kappa shape index (κ3) is 1.92. The molecule has 0 N–H and O–H groups in total. The SMILES string of the molecule is C1=CC2CC(c3ccc4ccccc4c3)CC2C=C1. The zero-order valence-electron chi connectivity index (χ0n) is 11.0. The quantitative estimate of drug-likeness (QED) is 0.658. The molecule has 1 fully saturated rings. The van der Waals surface area contributed by atoms with Crippen LogP contribution in [0.5, 0.6) is 0 Å². The summed E-state index contributed by atoms with van der Waals surface area (Å²) < 4.78 is 0. The van der Waals surface area contributed by atoms with Crippen LogP contribution in [0.1, 0.15) is 24.3 Å². The summed E-state index contributed by atoms with van der Waals surface area (Å²) in [5.74, 6) is 2.26. The lowest BCUT2D eigenvalue weighted by atomic mass is 9.92. The molecule has 2 atom stereocenters. The van der Waals surface area contributed by atoms with Gasteiger partial charge < -0.3 is 0 Å². The normalized spacial score (nSPS) is 28.7. The fourth-order valence-electron chi connectivity index (χ4n) is 3.69. The molecular weight excluding hydrogens is 228 g/mol. The molecule has 0 spiro atoms. The molecule has 0 heteroatoms. The number of hydrogen-bond donors (Lipinski definition) is 0. The van der Waals surface area contributed by atoms with Gasteiger partial charge >= 0.3 is 0 Å². The Hall–Kier alpha value is -1.82. The van der Waals surface area contributed by atoms with E-state index in [2.05, 4.69) is 66.8 Å². The maximum atomic E-state index is 2.39. The number of benzene rings is 2. The van der Waals surface area contributed by atoms with Gasteiger partial charge in [-0.15, -0.1) is 0 Å². The van der Waals surface area contributed by atoms with E-state index >= 15 is 0 Å². The Morgan fingerprint density at radius 3 is 2.16 bits per heavy atom. The molecule has 0 aromatic heterocycles. The summed E-state index contributed by atoms with van der Waals surface area (Å²) in [5.41, 5.74) is 1.52. The topological polar surface area (TPSA) is 0 Å². The van der Waals surface area contributed by atoms with E-state index < -0.39 is 0 Å². The Morgan fingerprint density at radius 1 is 0.737 bits per heavy atom. The lowest BCUT2D eigenvalue weighted by molar-refractivity contribution is 0.552. The van der Waals surface area contributed by atoms with Crippen LogP contribution in [0.25, 0.3) is 10.8 Å². The zero-order valence-corrected chi connectivity index (χ0v) is 11.0. The molecule has 0 bridgehead atoms. The minimum atomic E-state index is 0.729. The maximum absolute atomic E-state index is 2.39. The van der Waals surface area contributed by atoms with Crippen molar-refractivity contribution < 1.29 is 0 Å². The van der Waals surface area contributed by atoms with Crippen LogP contribution in [0.4, 0.5) is 0 Å². The second-order valence-corrected chi connectivity index (χ2v) is 5.87. The highest BCUT2D eigenvalue weighted by Crippen LogP contribution is 2.45. The van der Waals surface area contributed by atoms with Crippen LogP contribution in [0.2, 0.25) is 0 Å². The van der Waals surface area contributed by atoms with Gasteiger partial charge in [0.2, 0.25) is 0 Å². The van der Waals surface area contributed by atoms with E-state index in [1.165, 1.54) is 29.2 Å². The average molecular weight is 246 g/mol. The van der Waals surface area contributed by atoms with E-state index in [0.29, 0.717) is 0 Å². The largest absolute Gasteiger partial charge is 0.0808 e. The minimum absolute atomic E-state index is 0.729. The standard InChI is InChI=1S/C19H18/c1-2-6-15-11-18(10-9-14(15)5-1)19-12-16-7-3-4-8-17(16)13-19/h1-11,16-17,19H,12-13H2. The predicted octanol–water partition coefficient (Wildman–Crippen LogP) is 5.08. The fourth-order valence-corrected chi connectivity index (χ4v) is 3.69. The highest BCUT2D eigenvalue weighted by atomic mass is 14.4. The Bertz CT molecular complexity index is 643. The number of hydrogen-bond acceptors (Lipinski definition) is 0. The maximum Gasteiger partial charge on any atom is -0.0150 e. The molecule has 2 aliphatic rings. The van der Waals surface area contributed by atoms with Crippen molar-refractivity contribution in [1.82, 2.24) is 0 Å². The van der Waals surface area contributed by atoms with Crippen LogP contribution < -0.4 is 0 Å². The van der Waals surface area contributed by atoms with Gasteiger partial charge in [0.1, 0.15) is 0 Å². The molecule has 2 aromatic rings. The van der Waals surface area contributed by atoms with Crippen molar-refractivity contribution >= 4 is 10.8 Å². The first-order chi connectivity index (χ1) is 9.40. The van der Waals surface area contributed by atoms with Crippen LogP contribution in [0, 0.1) is 11.8 Å². The van der Waals surface area contributed by atoms with Crippen molar-refractivity contribution in [3.8, 4) is 0 Å². The van der Waals surface area contributed by atoms with Crippen molar-refractivity contribution in [3.63, 3.8) is 0 Å². The molecule has 4 rings (SSSR count). The zero-order chi connectivity index (χ0) is 12.7. The fraction of sp³-hybridized carbons (Fsp3) is 0.263. The third-order valence-corrected chi connectivity index (χ3v) is 4.74. The van der Waals surface area contributed by atoms with E-state index in [-0.39, 0.29) is 0 Å². The molecule has 0 amide bonds. The van der Waals surface area contributed by atoms with Gasteiger partial charge in [0.25, 0.3) is 0 Å². The molecule has 0 saturated heterocycles. The summed E-state index contributed by atoms with van der Waals surface area (Å²) in [5, 5.41) is 2.72. The number of rotatable bonds is 1. The van der Waals surface area contributed by atoms with E-state index in [1.807, 2.05) is 0 Å². The molecule has 2 unspecified atom stereocenters. The van der Waals surface area contributed by atoms with E-state index in [4.69, 9.17) is 0 Å². The summed E-state index contributed by atoms with van der Waals surface area (Å²) in [6, 6.07) is 15.7. The van der Waals surface area contributed by atoms with E-state index in [1.54, 1.807) is 0 Å². The van der Waals surface area contributed by atoms with Gasteiger partial charge in [0.15, 0.2) is 0 Å². The average Bonchev–Trinajstić information content (AvgIpc) is 2.90. The highest BCUT2D eigenvalue weighted by Gasteiger charge is 2.32. The van der Waals surface area contributed by atoms with Gasteiger partial charge in [-0.1, -0.05) is 66.8 Å². The van der Waals surface area contributed by atoms with Gasteiger partial charge in [-0.05, 0) is 46.9 Å². The molecular formula is C19H18. The van der Waals surface area contributed by atoms with Gasteiger partial charge in [0, 0.05) is 0 Å². The lowest BCUT2D eigenvalue weighted by Crippen LogP contribution is -2.03. The molecule has 2 aromatic carbocycles. The summed E-state index contributed by atoms with van der Waals surface area (Å²) in [6.45, 7) is 0. The van der Waals surface area contributed by atoms with E-state index in [0.717, 1.165) is 17.8 Å². The molecule has 94 valence electrons. The third-order valence-electron chi connectivity index (χ3n) is 4.74. The Labute approximate surface area is 114 Å². The van der Waals surface area contributed by atoms with Gasteiger partial charge in [-0.2, -0.15) is 0 Å². The van der Waals surface area contributed by atoms with Crippen LogP contribution in [0.3, 0.4) is 0 Å². The lowest BCUT2D eigenvalue weighted by Gasteiger charge is -2.13. The first-order valence-electron chi connectivity index (χ1n) is 7.24. The van der Waals surface area contributed by atoms with Crippen LogP contribution in [-0.4, -0.2) is 0 Å². The first kappa shape index (κ1) is 11.0. The summed E-state index contributed by atoms with van der Waals surface area (Å²) in [4.78, 5) is 0. The van der Waals surface area contributed by atoms with E-state index in [9.17, 15) is 0 Å². The van der Waals surface area contributed by atoms with Gasteiger partial charge in [-0.25, -0.2) is 0 Å². The van der Waals surface area contributed by atoms with Crippen molar-refractivity contribution in [2.45, 2.75) is 18.8 Å². The molecule has 2 aliphatic carbocycles. The molecule has 19 heavy (non-hydrogen) atoms. The first-order valence-corrected chi connectivity index (χ1v) is 7.24. The molecule has 0 radical (unpaired) electrons. The summed E-state index contributed by atoms with van der Waals surface area (Å²) in [6.07, 6.45) is 11.8. The van der Waals surface area contributed by atoms with Crippen LogP contribution >= 0.6 is 0 Å². The van der Waals surface area contributed by atoms with Crippen molar-refractivity contribution in [2.24, 2.45) is 11.8 Å². The van der Waals surface area contributed by atoms with Gasteiger partial charge in [-0.3, -0.25) is 0 Å². The Kier molecular flexibility index (Phi) is 2.55. The second kappa shape index (κ2) is 4.38. The minimum Gasteiger partial charge on any atom is -0.0808 e. The molecule has 0 nitrogen and oxygen atoms in total. The summed E-state index contributed by atoms with van der Waals surface area (Å²) >= 11 is 0. The second-order valence-electron chi connectivity index (χ2n) is 5.87. The van der Waals surface area contributed by atoms with Crippen molar-refractivity contribution in [1.29, 1.82) is 0 Å². The Morgan fingerprint density at radius 2 is 1.42 bits per heavy atom. The Balaban J connectivity index is 1.68.